The molecule has 0 unspecified atom stereocenters. The zero-order valence-electron chi connectivity index (χ0n) is 12.2. The van der Waals surface area contributed by atoms with Gasteiger partial charge in [-0.1, -0.05) is 24.3 Å². The molecule has 1 aliphatic rings. The van der Waals surface area contributed by atoms with Gasteiger partial charge in [0.2, 0.25) is 5.95 Å². The van der Waals surface area contributed by atoms with Crippen molar-refractivity contribution < 1.29 is 4.39 Å². The van der Waals surface area contributed by atoms with E-state index in [1.807, 2.05) is 16.8 Å². The van der Waals surface area contributed by atoms with Gasteiger partial charge in [-0.05, 0) is 64.4 Å². The first-order chi connectivity index (χ1) is 11.2. The topological polar surface area (TPSA) is 42.7 Å². The molecular formula is C17H14FIN4. The van der Waals surface area contributed by atoms with Crippen LogP contribution in [-0.4, -0.2) is 14.8 Å². The summed E-state index contributed by atoms with van der Waals surface area (Å²) in [6.45, 7) is 0. The minimum atomic E-state index is -0.226. The first-order valence-corrected chi connectivity index (χ1v) is 8.45. The highest BCUT2D eigenvalue weighted by Crippen LogP contribution is 2.37. The Morgan fingerprint density at radius 3 is 2.48 bits per heavy atom. The minimum absolute atomic E-state index is 0.0404. The number of hydrogen-bond acceptors (Lipinski definition) is 3. The van der Waals surface area contributed by atoms with Gasteiger partial charge < -0.3 is 5.32 Å². The van der Waals surface area contributed by atoms with Gasteiger partial charge in [0.1, 0.15) is 12.1 Å². The van der Waals surface area contributed by atoms with E-state index in [1.165, 1.54) is 21.3 Å². The Labute approximate surface area is 146 Å². The number of hydrogen-bond donors (Lipinski definition) is 1. The Hall–Kier alpha value is -1.96. The van der Waals surface area contributed by atoms with Crippen LogP contribution in [0.4, 0.5) is 10.3 Å². The van der Waals surface area contributed by atoms with Crippen LogP contribution in [0.15, 0.2) is 54.9 Å². The summed E-state index contributed by atoms with van der Waals surface area (Å²) in [7, 11) is 0. The Balaban J connectivity index is 1.71. The molecule has 2 heterocycles. The molecule has 4 nitrogen and oxygen atoms in total. The van der Waals surface area contributed by atoms with Crippen molar-refractivity contribution in [3.63, 3.8) is 0 Å². The van der Waals surface area contributed by atoms with Gasteiger partial charge in [0.25, 0.3) is 0 Å². The molecule has 2 aromatic carbocycles. The van der Waals surface area contributed by atoms with Crippen molar-refractivity contribution in [3.05, 3.63) is 75.4 Å². The van der Waals surface area contributed by atoms with E-state index >= 15 is 0 Å². The molecule has 0 bridgehead atoms. The van der Waals surface area contributed by atoms with E-state index in [0.29, 0.717) is 0 Å². The molecule has 0 fully saturated rings. The van der Waals surface area contributed by atoms with Crippen molar-refractivity contribution in [2.24, 2.45) is 0 Å². The molecule has 116 valence electrons. The molecule has 3 aromatic rings. The first-order valence-electron chi connectivity index (χ1n) is 7.38. The maximum absolute atomic E-state index is 13.2. The third-order valence-corrected chi connectivity index (χ3v) is 4.88. The van der Waals surface area contributed by atoms with Crippen LogP contribution in [0.25, 0.3) is 0 Å². The van der Waals surface area contributed by atoms with E-state index in [4.69, 9.17) is 0 Å². The lowest BCUT2D eigenvalue weighted by Crippen LogP contribution is -2.28. The number of nitrogens with one attached hydrogen (secondary N) is 1. The number of nitrogens with zero attached hydrogens (tertiary/aromatic N) is 3. The van der Waals surface area contributed by atoms with Crippen LogP contribution >= 0.6 is 22.6 Å². The molecule has 0 saturated carbocycles. The van der Waals surface area contributed by atoms with Crippen LogP contribution < -0.4 is 5.32 Å². The fourth-order valence-electron chi connectivity index (χ4n) is 3.00. The highest BCUT2D eigenvalue weighted by molar-refractivity contribution is 14.1. The van der Waals surface area contributed by atoms with Crippen LogP contribution in [0.2, 0.25) is 0 Å². The lowest BCUT2D eigenvalue weighted by molar-refractivity contribution is 0.430. The second-order valence-corrected chi connectivity index (χ2v) is 6.83. The SMILES string of the molecule is Fc1ccc([C@H]2C[C@@H](c3ccc(I)cc3)Nc3ncnn32)cc1. The smallest absolute Gasteiger partial charge is 0.222 e. The fraction of sp³-hybridized carbons (Fsp3) is 0.176. The molecule has 0 radical (unpaired) electrons. The van der Waals surface area contributed by atoms with Crippen LogP contribution in [0.3, 0.4) is 0 Å². The Morgan fingerprint density at radius 2 is 1.74 bits per heavy atom. The fourth-order valence-corrected chi connectivity index (χ4v) is 3.36. The monoisotopic (exact) mass is 420 g/mol. The van der Waals surface area contributed by atoms with Crippen LogP contribution in [-0.2, 0) is 0 Å². The molecule has 0 amide bonds. The van der Waals surface area contributed by atoms with Crippen molar-refractivity contribution >= 4 is 28.5 Å². The van der Waals surface area contributed by atoms with E-state index in [9.17, 15) is 4.39 Å². The van der Waals surface area contributed by atoms with Gasteiger partial charge in [-0.15, -0.1) is 0 Å². The summed E-state index contributed by atoms with van der Waals surface area (Å²) in [6, 6.07) is 15.3. The number of halogens is 2. The zero-order chi connectivity index (χ0) is 15.8. The summed E-state index contributed by atoms with van der Waals surface area (Å²) < 4.78 is 16.3. The average Bonchev–Trinajstić information content (AvgIpc) is 3.04. The molecule has 0 aliphatic carbocycles. The number of fused-ring (bicyclic) bond motifs is 1. The maximum Gasteiger partial charge on any atom is 0.222 e. The Morgan fingerprint density at radius 1 is 1.04 bits per heavy atom. The summed E-state index contributed by atoms with van der Waals surface area (Å²) in [4.78, 5) is 4.31. The molecule has 1 N–H and O–H groups in total. The molecule has 0 spiro atoms. The third kappa shape index (κ3) is 2.83. The molecule has 6 heteroatoms. The number of aromatic nitrogens is 3. The van der Waals surface area contributed by atoms with Crippen molar-refractivity contribution in [2.45, 2.75) is 18.5 Å². The highest BCUT2D eigenvalue weighted by Gasteiger charge is 2.29. The molecule has 1 aliphatic heterocycles. The minimum Gasteiger partial charge on any atom is -0.348 e. The van der Waals surface area contributed by atoms with E-state index in [-0.39, 0.29) is 17.9 Å². The number of benzene rings is 2. The summed E-state index contributed by atoms with van der Waals surface area (Å²) in [6.07, 6.45) is 2.39. The van der Waals surface area contributed by atoms with Crippen LogP contribution in [0.5, 0.6) is 0 Å². The quantitative estimate of drug-likeness (QED) is 0.633. The molecule has 2 atom stereocenters. The highest BCUT2D eigenvalue weighted by atomic mass is 127. The normalized spacial score (nSPS) is 19.9. The Kier molecular flexibility index (Phi) is 3.76. The molecule has 4 rings (SSSR count). The standard InChI is InChI=1S/C17H14FIN4/c18-13-5-1-12(2-6-13)16-9-15(11-3-7-14(19)8-4-11)22-17-20-10-21-23(16)17/h1-8,10,15-16H,9H2,(H,20,21,22)/t15-,16+/m0/s1. The zero-order valence-corrected chi connectivity index (χ0v) is 14.3. The third-order valence-electron chi connectivity index (χ3n) is 4.16. The molecule has 23 heavy (non-hydrogen) atoms. The largest absolute Gasteiger partial charge is 0.348 e. The second-order valence-electron chi connectivity index (χ2n) is 5.58. The maximum atomic E-state index is 13.2. The number of rotatable bonds is 2. The lowest BCUT2D eigenvalue weighted by atomic mass is 9.93. The van der Waals surface area contributed by atoms with Gasteiger partial charge in [-0.25, -0.2) is 9.07 Å². The Bertz CT molecular complexity index is 813. The predicted octanol–water partition coefficient (Wildman–Crippen LogP) is 4.17. The van der Waals surface area contributed by atoms with Crippen molar-refractivity contribution in [1.29, 1.82) is 0 Å². The lowest BCUT2D eigenvalue weighted by Gasteiger charge is -2.31. The molecular weight excluding hydrogens is 406 g/mol. The van der Waals surface area contributed by atoms with Crippen LogP contribution in [0, 0.1) is 9.39 Å². The van der Waals surface area contributed by atoms with Gasteiger partial charge in [0.05, 0.1) is 12.1 Å². The van der Waals surface area contributed by atoms with Gasteiger partial charge in [0, 0.05) is 3.57 Å². The van der Waals surface area contributed by atoms with Crippen LogP contribution in [0.1, 0.15) is 29.6 Å². The van der Waals surface area contributed by atoms with Gasteiger partial charge in [0.15, 0.2) is 0 Å². The summed E-state index contributed by atoms with van der Waals surface area (Å²) >= 11 is 2.30. The van der Waals surface area contributed by atoms with E-state index < -0.39 is 0 Å². The second kappa shape index (κ2) is 5.92. The van der Waals surface area contributed by atoms with Gasteiger partial charge >= 0.3 is 0 Å². The van der Waals surface area contributed by atoms with Crippen molar-refractivity contribution in [2.75, 3.05) is 5.32 Å². The summed E-state index contributed by atoms with van der Waals surface area (Å²) in [5, 5.41) is 7.76. The van der Waals surface area contributed by atoms with Gasteiger partial charge in [-0.2, -0.15) is 10.1 Å². The first kappa shape index (κ1) is 14.6. The number of anilines is 1. The van der Waals surface area contributed by atoms with E-state index in [1.54, 1.807) is 6.33 Å². The molecule has 1 aromatic heterocycles. The summed E-state index contributed by atoms with van der Waals surface area (Å²) in [5.74, 6) is 0.518. The van der Waals surface area contributed by atoms with E-state index in [0.717, 1.165) is 17.9 Å². The summed E-state index contributed by atoms with van der Waals surface area (Å²) in [5.41, 5.74) is 2.25. The molecule has 0 saturated heterocycles. The predicted molar refractivity (Wildman–Crippen MR) is 94.7 cm³/mol. The van der Waals surface area contributed by atoms with Crippen molar-refractivity contribution in [3.8, 4) is 0 Å². The average molecular weight is 420 g/mol. The van der Waals surface area contributed by atoms with Gasteiger partial charge in [-0.3, -0.25) is 0 Å². The van der Waals surface area contributed by atoms with E-state index in [2.05, 4.69) is 62.3 Å². The van der Waals surface area contributed by atoms with Crippen molar-refractivity contribution in [1.82, 2.24) is 14.8 Å².